The van der Waals surface area contributed by atoms with Crippen LogP contribution in [-0.4, -0.2) is 22.8 Å². The molecule has 0 radical (unpaired) electrons. The Morgan fingerprint density at radius 1 is 0.760 bits per heavy atom. The first-order valence-electron chi connectivity index (χ1n) is 8.03. The topological polar surface area (TPSA) is 37.4 Å². The highest BCUT2D eigenvalue weighted by molar-refractivity contribution is 9.10. The van der Waals surface area contributed by atoms with Crippen molar-refractivity contribution in [1.82, 2.24) is 4.90 Å². The van der Waals surface area contributed by atoms with Gasteiger partial charge in [0.1, 0.15) is 0 Å². The number of amides is 2. The molecule has 0 fully saturated rings. The van der Waals surface area contributed by atoms with Crippen LogP contribution in [-0.2, 0) is 0 Å². The van der Waals surface area contributed by atoms with Gasteiger partial charge in [0.15, 0.2) is 0 Å². The van der Waals surface area contributed by atoms with Crippen LogP contribution < -0.4 is 10.4 Å². The van der Waals surface area contributed by atoms with E-state index in [4.69, 9.17) is 0 Å². The maximum Gasteiger partial charge on any atom is 0.262 e. The quantitative estimate of drug-likeness (QED) is 0.600. The molecule has 25 heavy (non-hydrogen) atoms. The highest BCUT2D eigenvalue weighted by atomic mass is 79.9. The van der Waals surface area contributed by atoms with Gasteiger partial charge in [0.05, 0.1) is 6.04 Å². The summed E-state index contributed by atoms with van der Waals surface area (Å²) < 4.78 is 0.883. The second kappa shape index (κ2) is 5.14. The van der Waals surface area contributed by atoms with E-state index in [1.54, 1.807) is 12.1 Å². The van der Waals surface area contributed by atoms with Crippen molar-refractivity contribution in [3.63, 3.8) is 0 Å². The number of rotatable bonds is 1. The van der Waals surface area contributed by atoms with Crippen molar-refractivity contribution in [1.29, 1.82) is 0 Å². The van der Waals surface area contributed by atoms with Crippen LogP contribution in [0.2, 0.25) is 0 Å². The van der Waals surface area contributed by atoms with E-state index in [2.05, 4.69) is 15.9 Å². The molecule has 1 aliphatic heterocycles. The van der Waals surface area contributed by atoms with E-state index in [0.29, 0.717) is 11.1 Å². The number of carbonyl (C=O) groups excluding carboxylic acids is 2. The van der Waals surface area contributed by atoms with Gasteiger partial charge in [-0.2, -0.15) is 0 Å². The van der Waals surface area contributed by atoms with Crippen LogP contribution in [0.4, 0.5) is 0 Å². The zero-order valence-electron chi connectivity index (χ0n) is 13.1. The van der Waals surface area contributed by atoms with Gasteiger partial charge in [0, 0.05) is 21.0 Å². The lowest BCUT2D eigenvalue weighted by Crippen LogP contribution is -2.45. The molecule has 3 aromatic carbocycles. The van der Waals surface area contributed by atoms with E-state index in [1.807, 2.05) is 54.6 Å². The van der Waals surface area contributed by atoms with Crippen molar-refractivity contribution in [2.24, 2.45) is 0 Å². The molecular formula is C21H12BrNO2. The summed E-state index contributed by atoms with van der Waals surface area (Å²) in [4.78, 5) is 27.6. The van der Waals surface area contributed by atoms with Gasteiger partial charge < -0.3 is 0 Å². The molecule has 2 amide bonds. The van der Waals surface area contributed by atoms with Gasteiger partial charge in [0.25, 0.3) is 11.8 Å². The summed E-state index contributed by atoms with van der Waals surface area (Å²) in [6.45, 7) is 0. The van der Waals surface area contributed by atoms with E-state index < -0.39 is 0 Å². The molecule has 2 aliphatic rings. The fraction of sp³-hybridized carbons (Fsp3) is 0.0476. The van der Waals surface area contributed by atoms with Crippen LogP contribution in [0.25, 0.3) is 22.9 Å². The smallest absolute Gasteiger partial charge is 0.262 e. The molecule has 3 aromatic rings. The number of imide groups is 1. The molecule has 3 nitrogen and oxygen atoms in total. The second-order valence-electron chi connectivity index (χ2n) is 6.26. The summed E-state index contributed by atoms with van der Waals surface area (Å²) in [6.07, 6.45) is 3.93. The third kappa shape index (κ3) is 1.98. The third-order valence-corrected chi connectivity index (χ3v) is 5.57. The zero-order valence-corrected chi connectivity index (χ0v) is 14.7. The first-order valence-corrected chi connectivity index (χ1v) is 8.82. The Morgan fingerprint density at radius 2 is 1.40 bits per heavy atom. The number of fused-ring (bicyclic) bond motifs is 1. The van der Waals surface area contributed by atoms with Crippen molar-refractivity contribution in [3.8, 4) is 0 Å². The second-order valence-corrected chi connectivity index (χ2v) is 7.11. The molecule has 0 saturated heterocycles. The van der Waals surface area contributed by atoms with Gasteiger partial charge in [0.2, 0.25) is 0 Å². The van der Waals surface area contributed by atoms with Crippen LogP contribution in [0.1, 0.15) is 20.7 Å². The van der Waals surface area contributed by atoms with Gasteiger partial charge >= 0.3 is 0 Å². The molecule has 1 heterocycles. The van der Waals surface area contributed by atoms with Crippen LogP contribution in [0.15, 0.2) is 59.1 Å². The largest absolute Gasteiger partial charge is 0.269 e. The predicted molar refractivity (Wildman–Crippen MR) is 101 cm³/mol. The Hall–Kier alpha value is -2.72. The van der Waals surface area contributed by atoms with Crippen molar-refractivity contribution in [2.75, 3.05) is 0 Å². The molecule has 1 aliphatic carbocycles. The molecular weight excluding hydrogens is 378 g/mol. The fourth-order valence-electron chi connectivity index (χ4n) is 3.73. The SMILES string of the molecule is O=C1c2cccc3c(Br)ccc(c23)C(=O)N1C1C=c2ccccc2=C1. The first-order chi connectivity index (χ1) is 12.1. The zero-order chi connectivity index (χ0) is 17.1. The molecule has 0 N–H and O–H groups in total. The lowest BCUT2D eigenvalue weighted by atomic mass is 9.93. The van der Waals surface area contributed by atoms with Crippen LogP contribution >= 0.6 is 15.9 Å². The number of halogens is 1. The van der Waals surface area contributed by atoms with E-state index in [0.717, 1.165) is 25.7 Å². The fourth-order valence-corrected chi connectivity index (χ4v) is 4.19. The van der Waals surface area contributed by atoms with Crippen LogP contribution in [0, 0.1) is 0 Å². The average Bonchev–Trinajstić information content (AvgIpc) is 3.04. The lowest BCUT2D eigenvalue weighted by Gasteiger charge is -2.30. The minimum absolute atomic E-state index is 0.244. The van der Waals surface area contributed by atoms with Crippen LogP contribution in [0.3, 0.4) is 0 Å². The van der Waals surface area contributed by atoms with Crippen molar-refractivity contribution >= 4 is 50.7 Å². The Labute approximate surface area is 152 Å². The number of nitrogens with zero attached hydrogens (tertiary/aromatic N) is 1. The summed E-state index contributed by atoms with van der Waals surface area (Å²) in [5.41, 5.74) is 1.15. The molecule has 0 aromatic heterocycles. The van der Waals surface area contributed by atoms with Gasteiger partial charge in [-0.25, -0.2) is 0 Å². The standard InChI is InChI=1S/C21H12BrNO2/c22-18-9-8-17-19-15(18)6-3-7-16(19)20(24)23(21(17)25)14-10-12-4-1-2-5-13(12)11-14/h1-11,14H. The molecule has 5 rings (SSSR count). The highest BCUT2D eigenvalue weighted by Crippen LogP contribution is 2.35. The van der Waals surface area contributed by atoms with Crippen LogP contribution in [0.5, 0.6) is 0 Å². The summed E-state index contributed by atoms with van der Waals surface area (Å²) in [5.74, 6) is -0.488. The highest BCUT2D eigenvalue weighted by Gasteiger charge is 2.36. The monoisotopic (exact) mass is 389 g/mol. The minimum Gasteiger partial charge on any atom is -0.269 e. The van der Waals surface area contributed by atoms with E-state index >= 15 is 0 Å². The summed E-state index contributed by atoms with van der Waals surface area (Å²) in [6, 6.07) is 16.8. The van der Waals surface area contributed by atoms with Crippen molar-refractivity contribution < 1.29 is 9.59 Å². The Kier molecular flexibility index (Phi) is 3.00. The average molecular weight is 390 g/mol. The summed E-state index contributed by atoms with van der Waals surface area (Å²) >= 11 is 3.51. The maximum atomic E-state index is 13.1. The molecule has 0 atom stereocenters. The molecule has 0 unspecified atom stereocenters. The molecule has 120 valence electrons. The molecule has 4 heteroatoms. The van der Waals surface area contributed by atoms with E-state index in [-0.39, 0.29) is 17.9 Å². The Bertz CT molecular complexity index is 1160. The van der Waals surface area contributed by atoms with Crippen molar-refractivity contribution in [2.45, 2.75) is 6.04 Å². The number of hydrogen-bond acceptors (Lipinski definition) is 2. The minimum atomic E-state index is -0.357. The molecule has 0 bridgehead atoms. The van der Waals surface area contributed by atoms with Gasteiger partial charge in [-0.1, -0.05) is 52.3 Å². The number of hydrogen-bond donors (Lipinski definition) is 0. The van der Waals surface area contributed by atoms with Gasteiger partial charge in [-0.05, 0) is 46.2 Å². The summed E-state index contributed by atoms with van der Waals surface area (Å²) in [5, 5.41) is 3.72. The Morgan fingerprint density at radius 3 is 2.08 bits per heavy atom. The first kappa shape index (κ1) is 14.6. The Balaban J connectivity index is 1.73. The van der Waals surface area contributed by atoms with E-state index in [1.165, 1.54) is 4.90 Å². The van der Waals surface area contributed by atoms with Gasteiger partial charge in [-0.15, -0.1) is 0 Å². The van der Waals surface area contributed by atoms with Gasteiger partial charge in [-0.3, -0.25) is 14.5 Å². The molecule has 0 spiro atoms. The lowest BCUT2D eigenvalue weighted by molar-refractivity contribution is 0.0609. The third-order valence-electron chi connectivity index (χ3n) is 4.88. The summed E-state index contributed by atoms with van der Waals surface area (Å²) in [7, 11) is 0. The molecule has 0 saturated carbocycles. The predicted octanol–water partition coefficient (Wildman–Crippen LogP) is 2.84. The van der Waals surface area contributed by atoms with Crippen molar-refractivity contribution in [3.05, 3.63) is 80.6 Å². The number of carbonyl (C=O) groups is 2. The van der Waals surface area contributed by atoms with E-state index in [9.17, 15) is 9.59 Å². The number of benzene rings is 3. The normalized spacial score (nSPS) is 16.0. The maximum absolute atomic E-state index is 13.1.